The molecule has 3 N–H and O–H groups in total. The number of aliphatic carboxylic acids is 1. The lowest BCUT2D eigenvalue weighted by molar-refractivity contribution is -0.137. The number of carboxylic acid groups (broad SMARTS) is 1. The number of aromatic nitrogens is 1. The molecule has 0 spiro atoms. The van der Waals surface area contributed by atoms with Gasteiger partial charge in [-0.25, -0.2) is 17.5 Å². The predicted molar refractivity (Wildman–Crippen MR) is 131 cm³/mol. The normalized spacial score (nSPS) is 19.2. The van der Waals surface area contributed by atoms with Crippen molar-refractivity contribution in [1.82, 2.24) is 9.71 Å². The molecule has 0 saturated carbocycles. The van der Waals surface area contributed by atoms with Gasteiger partial charge in [-0.05, 0) is 79.3 Å². The van der Waals surface area contributed by atoms with E-state index in [1.54, 1.807) is 6.20 Å². The standard InChI is InChI=1S/C26H28FN3O4S/c1-26(13-11-24(31)32)22(16-18-4-3-14-28-17-18)25-19(5-2-6-23(25)30-26)12-15-29-35(33,34)21-9-7-20(27)8-10-21/h2-10,14,17,22,29-30H,11-13,15-16H2,1H3,(H,31,32). The summed E-state index contributed by atoms with van der Waals surface area (Å²) in [7, 11) is -3.77. The molecule has 7 nitrogen and oxygen atoms in total. The largest absolute Gasteiger partial charge is 0.481 e. The second-order valence-corrected chi connectivity index (χ2v) is 10.8. The smallest absolute Gasteiger partial charge is 0.303 e. The first-order valence-electron chi connectivity index (χ1n) is 11.4. The molecule has 3 aromatic rings. The van der Waals surface area contributed by atoms with Crippen LogP contribution in [0.1, 0.15) is 42.4 Å². The number of pyridine rings is 1. The maximum Gasteiger partial charge on any atom is 0.303 e. The Balaban J connectivity index is 1.58. The van der Waals surface area contributed by atoms with Gasteiger partial charge >= 0.3 is 5.97 Å². The second kappa shape index (κ2) is 10.1. The van der Waals surface area contributed by atoms with E-state index in [1.165, 1.54) is 12.1 Å². The molecule has 2 unspecified atom stereocenters. The molecule has 2 heterocycles. The molecule has 4 rings (SSSR count). The SMILES string of the molecule is CC1(CCC(=O)O)Nc2cccc(CCNS(=O)(=O)c3ccc(F)cc3)c2C1Cc1cccnc1. The number of sulfonamides is 1. The summed E-state index contributed by atoms with van der Waals surface area (Å²) in [6.45, 7) is 2.21. The molecule has 184 valence electrons. The van der Waals surface area contributed by atoms with E-state index in [2.05, 4.69) is 15.0 Å². The zero-order valence-electron chi connectivity index (χ0n) is 19.4. The third kappa shape index (κ3) is 5.68. The lowest BCUT2D eigenvalue weighted by atomic mass is 9.76. The van der Waals surface area contributed by atoms with Crippen LogP contribution in [0.15, 0.2) is 71.9 Å². The van der Waals surface area contributed by atoms with E-state index in [0.717, 1.165) is 34.5 Å². The summed E-state index contributed by atoms with van der Waals surface area (Å²) in [5.74, 6) is -1.37. The number of anilines is 1. The minimum Gasteiger partial charge on any atom is -0.481 e. The lowest BCUT2D eigenvalue weighted by Crippen LogP contribution is -2.38. The Labute approximate surface area is 204 Å². The number of hydrogen-bond acceptors (Lipinski definition) is 5. The topological polar surface area (TPSA) is 108 Å². The monoisotopic (exact) mass is 497 g/mol. The van der Waals surface area contributed by atoms with Crippen molar-refractivity contribution in [2.24, 2.45) is 0 Å². The molecule has 1 aliphatic heterocycles. The Kier molecular flexibility index (Phi) is 7.18. The van der Waals surface area contributed by atoms with Crippen LogP contribution >= 0.6 is 0 Å². The van der Waals surface area contributed by atoms with Crippen LogP contribution in [0.2, 0.25) is 0 Å². The fraction of sp³-hybridized carbons (Fsp3) is 0.308. The van der Waals surface area contributed by atoms with Gasteiger partial charge in [0.25, 0.3) is 0 Å². The van der Waals surface area contributed by atoms with E-state index in [-0.39, 0.29) is 23.8 Å². The highest BCUT2D eigenvalue weighted by molar-refractivity contribution is 7.89. The molecule has 0 fully saturated rings. The third-order valence-corrected chi connectivity index (χ3v) is 8.04. The van der Waals surface area contributed by atoms with Crippen molar-refractivity contribution in [2.75, 3.05) is 11.9 Å². The van der Waals surface area contributed by atoms with Gasteiger partial charge in [-0.15, -0.1) is 0 Å². The van der Waals surface area contributed by atoms with Crippen LogP contribution in [-0.4, -0.2) is 36.6 Å². The van der Waals surface area contributed by atoms with E-state index in [9.17, 15) is 22.7 Å². The van der Waals surface area contributed by atoms with E-state index in [1.807, 2.05) is 43.5 Å². The van der Waals surface area contributed by atoms with Gasteiger partial charge in [0.1, 0.15) is 5.82 Å². The van der Waals surface area contributed by atoms with Crippen LogP contribution in [-0.2, 0) is 27.7 Å². The zero-order chi connectivity index (χ0) is 25.1. The number of halogens is 1. The highest BCUT2D eigenvalue weighted by atomic mass is 32.2. The first-order chi connectivity index (χ1) is 16.7. The van der Waals surface area contributed by atoms with Crippen molar-refractivity contribution in [3.05, 3.63) is 89.5 Å². The minimum atomic E-state index is -3.77. The van der Waals surface area contributed by atoms with E-state index in [4.69, 9.17) is 0 Å². The molecule has 1 aliphatic rings. The van der Waals surface area contributed by atoms with Gasteiger partial charge in [-0.2, -0.15) is 0 Å². The molecule has 0 radical (unpaired) electrons. The van der Waals surface area contributed by atoms with Crippen molar-refractivity contribution < 1.29 is 22.7 Å². The lowest BCUT2D eigenvalue weighted by Gasteiger charge is -2.33. The Morgan fingerprint density at radius 2 is 1.94 bits per heavy atom. The first-order valence-corrected chi connectivity index (χ1v) is 12.9. The summed E-state index contributed by atoms with van der Waals surface area (Å²) in [6.07, 6.45) is 5.13. The molecule has 0 bridgehead atoms. The molecular weight excluding hydrogens is 469 g/mol. The van der Waals surface area contributed by atoms with Crippen molar-refractivity contribution in [2.45, 2.75) is 49.0 Å². The van der Waals surface area contributed by atoms with Crippen LogP contribution in [0, 0.1) is 5.82 Å². The highest BCUT2D eigenvalue weighted by Gasteiger charge is 2.43. The van der Waals surface area contributed by atoms with Gasteiger partial charge in [0.15, 0.2) is 0 Å². The van der Waals surface area contributed by atoms with Gasteiger partial charge in [-0.3, -0.25) is 9.78 Å². The minimum absolute atomic E-state index is 0.00885. The number of nitrogens with one attached hydrogen (secondary N) is 2. The molecule has 1 aromatic heterocycles. The van der Waals surface area contributed by atoms with Crippen LogP contribution in [0.3, 0.4) is 0 Å². The summed E-state index contributed by atoms with van der Waals surface area (Å²) in [5, 5.41) is 12.9. The number of carboxylic acids is 1. The summed E-state index contributed by atoms with van der Waals surface area (Å²) >= 11 is 0. The molecule has 0 saturated heterocycles. The summed E-state index contributed by atoms with van der Waals surface area (Å²) in [6, 6.07) is 14.5. The van der Waals surface area contributed by atoms with Crippen LogP contribution in [0.4, 0.5) is 10.1 Å². The molecule has 9 heteroatoms. The van der Waals surface area contributed by atoms with E-state index in [0.29, 0.717) is 19.3 Å². The van der Waals surface area contributed by atoms with Crippen molar-refractivity contribution in [1.29, 1.82) is 0 Å². The number of fused-ring (bicyclic) bond motifs is 1. The summed E-state index contributed by atoms with van der Waals surface area (Å²) in [5.41, 5.74) is 3.56. The number of nitrogens with zero attached hydrogens (tertiary/aromatic N) is 1. The number of benzene rings is 2. The Bertz CT molecular complexity index is 1300. The molecule has 2 atom stereocenters. The Morgan fingerprint density at radius 1 is 1.17 bits per heavy atom. The van der Waals surface area contributed by atoms with Crippen molar-refractivity contribution in [3.8, 4) is 0 Å². The third-order valence-electron chi connectivity index (χ3n) is 6.57. The quantitative estimate of drug-likeness (QED) is 0.389. The maximum absolute atomic E-state index is 13.2. The fourth-order valence-electron chi connectivity index (χ4n) is 4.77. The van der Waals surface area contributed by atoms with Crippen molar-refractivity contribution in [3.63, 3.8) is 0 Å². The van der Waals surface area contributed by atoms with Crippen molar-refractivity contribution >= 4 is 21.7 Å². The fourth-order valence-corrected chi connectivity index (χ4v) is 5.80. The van der Waals surface area contributed by atoms with Gasteiger partial charge in [0, 0.05) is 42.5 Å². The van der Waals surface area contributed by atoms with Gasteiger partial charge in [-0.1, -0.05) is 18.2 Å². The summed E-state index contributed by atoms with van der Waals surface area (Å²) < 4.78 is 41.0. The second-order valence-electron chi connectivity index (χ2n) is 9.03. The first kappa shape index (κ1) is 24.8. The van der Waals surface area contributed by atoms with E-state index >= 15 is 0 Å². The van der Waals surface area contributed by atoms with Gasteiger partial charge in [0.2, 0.25) is 10.0 Å². The Morgan fingerprint density at radius 3 is 2.63 bits per heavy atom. The average molecular weight is 498 g/mol. The van der Waals surface area contributed by atoms with Crippen LogP contribution in [0.25, 0.3) is 0 Å². The predicted octanol–water partition coefficient (Wildman–Crippen LogP) is 4.12. The van der Waals surface area contributed by atoms with E-state index < -0.39 is 27.3 Å². The molecule has 0 aliphatic carbocycles. The molecule has 35 heavy (non-hydrogen) atoms. The van der Waals surface area contributed by atoms with Crippen LogP contribution in [0.5, 0.6) is 0 Å². The molecule has 0 amide bonds. The Hall–Kier alpha value is -3.30. The zero-order valence-corrected chi connectivity index (χ0v) is 20.2. The number of hydrogen-bond donors (Lipinski definition) is 3. The van der Waals surface area contributed by atoms with Gasteiger partial charge < -0.3 is 10.4 Å². The highest BCUT2D eigenvalue weighted by Crippen LogP contribution is 2.48. The molecular formula is C26H28FN3O4S. The number of carbonyl (C=O) groups is 1. The average Bonchev–Trinajstić information content (AvgIpc) is 3.11. The molecule has 2 aromatic carbocycles. The van der Waals surface area contributed by atoms with Crippen LogP contribution < -0.4 is 10.0 Å². The van der Waals surface area contributed by atoms with Gasteiger partial charge in [0.05, 0.1) is 4.90 Å². The maximum atomic E-state index is 13.2. The summed E-state index contributed by atoms with van der Waals surface area (Å²) in [4.78, 5) is 15.6. The number of rotatable bonds is 10.